The predicted octanol–water partition coefficient (Wildman–Crippen LogP) is 6.30. The third kappa shape index (κ3) is 4.65. The number of anilines is 1. The first-order chi connectivity index (χ1) is 17.0. The van der Waals surface area contributed by atoms with Gasteiger partial charge in [0.25, 0.3) is 0 Å². The van der Waals surface area contributed by atoms with E-state index < -0.39 is 23.6 Å². The second kappa shape index (κ2) is 9.31. The molecule has 1 atom stereocenters. The first-order valence-corrected chi connectivity index (χ1v) is 12.0. The fourth-order valence-corrected chi connectivity index (χ4v) is 4.62. The molecule has 1 heterocycles. The molecule has 0 spiro atoms. The number of hydrogen-bond acceptors (Lipinski definition) is 6. The van der Waals surface area contributed by atoms with Gasteiger partial charge in [0.2, 0.25) is 0 Å². The van der Waals surface area contributed by atoms with Crippen LogP contribution in [0.2, 0.25) is 0 Å². The van der Waals surface area contributed by atoms with E-state index in [4.69, 9.17) is 4.74 Å². The molecule has 176 valence electrons. The van der Waals surface area contributed by atoms with E-state index in [9.17, 15) is 14.7 Å². The summed E-state index contributed by atoms with van der Waals surface area (Å²) in [5.41, 5.74) is 4.42. The highest BCUT2D eigenvalue weighted by molar-refractivity contribution is 6.99. The van der Waals surface area contributed by atoms with Crippen LogP contribution in [0.1, 0.15) is 37.0 Å². The number of benzene rings is 3. The van der Waals surface area contributed by atoms with Gasteiger partial charge >= 0.3 is 12.1 Å². The molecule has 2 N–H and O–H groups in total. The minimum Gasteiger partial charge on any atom is -0.481 e. The molecule has 7 nitrogen and oxygen atoms in total. The zero-order valence-electron chi connectivity index (χ0n) is 19.0. The fraction of sp³-hybridized carbons (Fsp3) is 0.185. The van der Waals surface area contributed by atoms with E-state index >= 15 is 0 Å². The predicted molar refractivity (Wildman–Crippen MR) is 134 cm³/mol. The van der Waals surface area contributed by atoms with Crippen LogP contribution in [-0.4, -0.2) is 25.9 Å². The van der Waals surface area contributed by atoms with Crippen LogP contribution in [0.5, 0.6) is 0 Å². The number of aromatic nitrogens is 2. The van der Waals surface area contributed by atoms with Crippen LogP contribution in [0.25, 0.3) is 22.4 Å². The van der Waals surface area contributed by atoms with Crippen molar-refractivity contribution in [2.45, 2.75) is 31.3 Å². The number of nitrogens with zero attached hydrogens (tertiary/aromatic N) is 2. The molecule has 1 aromatic heterocycles. The van der Waals surface area contributed by atoms with Gasteiger partial charge in [0, 0.05) is 5.56 Å². The molecule has 0 radical (unpaired) electrons. The van der Waals surface area contributed by atoms with Crippen molar-refractivity contribution < 1.29 is 19.4 Å². The molecular formula is C27H23N3O4S. The summed E-state index contributed by atoms with van der Waals surface area (Å²) in [6.45, 7) is 1.81. The van der Waals surface area contributed by atoms with Gasteiger partial charge < -0.3 is 9.84 Å². The molecule has 0 bridgehead atoms. The number of amides is 1. The van der Waals surface area contributed by atoms with Gasteiger partial charge in [-0.25, -0.2) is 4.79 Å². The number of carbonyl (C=O) groups is 2. The molecule has 1 aliphatic carbocycles. The minimum atomic E-state index is -0.755. The summed E-state index contributed by atoms with van der Waals surface area (Å²) in [7, 11) is 0. The molecule has 1 unspecified atom stereocenters. The highest BCUT2D eigenvalue weighted by Gasteiger charge is 2.51. The average molecular weight is 486 g/mol. The van der Waals surface area contributed by atoms with Crippen LogP contribution in [-0.2, 0) is 14.9 Å². The topological polar surface area (TPSA) is 101 Å². The van der Waals surface area contributed by atoms with Crippen molar-refractivity contribution >= 4 is 29.6 Å². The molecule has 1 amide bonds. The van der Waals surface area contributed by atoms with Crippen LogP contribution in [0, 0.1) is 0 Å². The van der Waals surface area contributed by atoms with Crippen LogP contribution >= 0.6 is 11.7 Å². The molecule has 0 aliphatic heterocycles. The SMILES string of the molecule is CC(OC(=O)Nc1nsnc1-c1ccc(-c2ccc(C3(C(=O)O)CC3)cc2)cc1)c1ccccc1. The lowest BCUT2D eigenvalue weighted by molar-refractivity contribution is -0.140. The number of nitrogens with one attached hydrogen (secondary N) is 1. The quantitative estimate of drug-likeness (QED) is 0.319. The van der Waals surface area contributed by atoms with E-state index in [1.807, 2.05) is 85.8 Å². The summed E-state index contributed by atoms with van der Waals surface area (Å²) in [5, 5.41) is 12.2. The fourth-order valence-electron chi connectivity index (χ4n) is 4.09. The highest BCUT2D eigenvalue weighted by Crippen LogP contribution is 2.48. The van der Waals surface area contributed by atoms with Crippen LogP contribution in [0.15, 0.2) is 78.9 Å². The maximum absolute atomic E-state index is 12.4. The molecule has 4 aromatic rings. The summed E-state index contributed by atoms with van der Waals surface area (Å²) in [6, 6.07) is 25.0. The summed E-state index contributed by atoms with van der Waals surface area (Å²) < 4.78 is 14.0. The van der Waals surface area contributed by atoms with Crippen molar-refractivity contribution in [3.63, 3.8) is 0 Å². The Morgan fingerprint density at radius 1 is 0.914 bits per heavy atom. The van der Waals surface area contributed by atoms with Crippen LogP contribution in [0.4, 0.5) is 10.6 Å². The molecule has 8 heteroatoms. The Bertz CT molecular complexity index is 1350. The second-order valence-electron chi connectivity index (χ2n) is 8.59. The molecule has 3 aromatic carbocycles. The van der Waals surface area contributed by atoms with Crippen molar-refractivity contribution in [2.24, 2.45) is 0 Å². The first kappa shape index (κ1) is 22.7. The van der Waals surface area contributed by atoms with Gasteiger partial charge in [-0.2, -0.15) is 8.75 Å². The van der Waals surface area contributed by atoms with E-state index in [0.717, 1.165) is 39.5 Å². The van der Waals surface area contributed by atoms with Gasteiger partial charge in [0.1, 0.15) is 11.8 Å². The average Bonchev–Trinajstić information content (AvgIpc) is 3.58. The lowest BCUT2D eigenvalue weighted by Gasteiger charge is -2.13. The Morgan fingerprint density at radius 3 is 2.11 bits per heavy atom. The van der Waals surface area contributed by atoms with E-state index in [2.05, 4.69) is 14.1 Å². The maximum Gasteiger partial charge on any atom is 0.413 e. The Kier molecular flexibility index (Phi) is 6.05. The normalized spacial score (nSPS) is 14.7. The number of carboxylic acids is 1. The van der Waals surface area contributed by atoms with Gasteiger partial charge in [-0.1, -0.05) is 78.9 Å². The van der Waals surface area contributed by atoms with Crippen LogP contribution < -0.4 is 5.32 Å². The van der Waals surface area contributed by atoms with Gasteiger partial charge in [0.05, 0.1) is 17.1 Å². The standard InChI is InChI=1S/C27H23N3O4S/c1-17(18-5-3-2-4-6-18)34-26(33)28-24-23(29-35-30-24)21-9-7-19(8-10-21)20-11-13-22(14-12-20)27(15-16-27)25(31)32/h2-14,17H,15-16H2,1H3,(H,31,32)(H,28,30,33). The van der Waals surface area contributed by atoms with E-state index in [1.165, 1.54) is 0 Å². The maximum atomic E-state index is 12.4. The van der Waals surface area contributed by atoms with E-state index in [1.54, 1.807) is 0 Å². The second-order valence-corrected chi connectivity index (χ2v) is 9.12. The molecule has 1 fully saturated rings. The van der Waals surface area contributed by atoms with E-state index in [0.29, 0.717) is 24.4 Å². The van der Waals surface area contributed by atoms with Gasteiger partial charge in [-0.05, 0) is 42.0 Å². The molecule has 0 saturated heterocycles. The summed E-state index contributed by atoms with van der Waals surface area (Å²) in [5.74, 6) is -0.407. The third-order valence-corrected chi connectivity index (χ3v) is 6.88. The van der Waals surface area contributed by atoms with Crippen LogP contribution in [0.3, 0.4) is 0 Å². The molecular weight excluding hydrogens is 462 g/mol. The van der Waals surface area contributed by atoms with Gasteiger partial charge in [0.15, 0.2) is 5.82 Å². The smallest absolute Gasteiger partial charge is 0.413 e. The Morgan fingerprint density at radius 2 is 1.51 bits per heavy atom. The number of carbonyl (C=O) groups excluding carboxylic acids is 1. The van der Waals surface area contributed by atoms with Gasteiger partial charge in [-0.3, -0.25) is 10.1 Å². The van der Waals surface area contributed by atoms with Crippen molar-refractivity contribution in [1.29, 1.82) is 0 Å². The Hall–Kier alpha value is -4.04. The van der Waals surface area contributed by atoms with Crippen molar-refractivity contribution in [2.75, 3.05) is 5.32 Å². The zero-order chi connectivity index (χ0) is 24.4. The largest absolute Gasteiger partial charge is 0.481 e. The lowest BCUT2D eigenvalue weighted by Crippen LogP contribution is -2.19. The molecule has 35 heavy (non-hydrogen) atoms. The number of carboxylic acid groups (broad SMARTS) is 1. The zero-order valence-corrected chi connectivity index (χ0v) is 19.8. The van der Waals surface area contributed by atoms with Crippen molar-refractivity contribution in [3.8, 4) is 22.4 Å². The summed E-state index contributed by atoms with van der Waals surface area (Å²) in [6.07, 6.45) is 0.379. The Labute approximate surface area is 206 Å². The summed E-state index contributed by atoms with van der Waals surface area (Å²) in [4.78, 5) is 24.0. The molecule has 1 aliphatic rings. The molecule has 1 saturated carbocycles. The van der Waals surface area contributed by atoms with Crippen molar-refractivity contribution in [3.05, 3.63) is 90.0 Å². The molecule has 5 rings (SSSR count). The minimum absolute atomic E-state index is 0.348. The lowest BCUT2D eigenvalue weighted by atomic mass is 9.93. The number of aliphatic carboxylic acids is 1. The van der Waals surface area contributed by atoms with Crippen molar-refractivity contribution in [1.82, 2.24) is 8.75 Å². The summed E-state index contributed by atoms with van der Waals surface area (Å²) >= 11 is 1.01. The van der Waals surface area contributed by atoms with Gasteiger partial charge in [-0.15, -0.1) is 0 Å². The monoisotopic (exact) mass is 485 g/mol. The highest BCUT2D eigenvalue weighted by atomic mass is 32.1. The Balaban J connectivity index is 1.27. The number of hydrogen-bond donors (Lipinski definition) is 2. The van der Waals surface area contributed by atoms with E-state index in [-0.39, 0.29) is 0 Å². The number of rotatable bonds is 7. The third-order valence-electron chi connectivity index (χ3n) is 6.35. The first-order valence-electron chi connectivity index (χ1n) is 11.3. The number of ether oxygens (including phenoxy) is 1.